The molecule has 3 aromatic rings. The highest BCUT2D eigenvalue weighted by Crippen LogP contribution is 2.32. The van der Waals surface area contributed by atoms with Gasteiger partial charge in [-0.25, -0.2) is 0 Å². The van der Waals surface area contributed by atoms with Gasteiger partial charge in [0, 0.05) is 17.2 Å². The predicted octanol–water partition coefficient (Wildman–Crippen LogP) is 4.95. The Bertz CT molecular complexity index is 841. The molecule has 3 rings (SSSR count). The molecule has 0 N–H and O–H groups in total. The second-order valence-corrected chi connectivity index (χ2v) is 6.11. The number of benzene rings is 2. The van der Waals surface area contributed by atoms with Crippen LogP contribution in [0, 0.1) is 11.3 Å². The fourth-order valence-corrected chi connectivity index (χ4v) is 2.71. The first-order valence-electron chi connectivity index (χ1n) is 7.64. The average Bonchev–Trinajstić information content (AvgIpc) is 2.62. The smallest absolute Gasteiger partial charge is 0.0991 e. The molecule has 0 radical (unpaired) electrons. The third kappa shape index (κ3) is 3.00. The van der Waals surface area contributed by atoms with Crippen molar-refractivity contribution >= 4 is 0 Å². The van der Waals surface area contributed by atoms with Gasteiger partial charge >= 0.3 is 0 Å². The molecular formula is C21H18N2. The normalized spacial score (nSPS) is 11.0. The Morgan fingerprint density at radius 1 is 0.870 bits per heavy atom. The summed E-state index contributed by atoms with van der Waals surface area (Å²) in [7, 11) is 0. The van der Waals surface area contributed by atoms with Gasteiger partial charge < -0.3 is 0 Å². The molecule has 0 spiro atoms. The third-order valence-electron chi connectivity index (χ3n) is 4.29. The maximum Gasteiger partial charge on any atom is 0.0991 e. The summed E-state index contributed by atoms with van der Waals surface area (Å²) in [5.41, 5.74) is 5.02. The molecule has 0 amide bonds. The van der Waals surface area contributed by atoms with Crippen LogP contribution in [0.1, 0.15) is 30.5 Å². The van der Waals surface area contributed by atoms with Crippen molar-refractivity contribution in [2.75, 3.05) is 0 Å². The van der Waals surface area contributed by atoms with Crippen LogP contribution in [0.15, 0.2) is 72.9 Å². The first-order valence-corrected chi connectivity index (χ1v) is 7.64. The van der Waals surface area contributed by atoms with Crippen molar-refractivity contribution in [1.29, 1.82) is 5.26 Å². The standard InChI is InChI=1S/C21H18N2/c1-21(2,18-6-4-3-5-7-18)19-12-13-23-20(14-19)17-10-8-16(15-22)9-11-17/h3-14H,1-2H3. The maximum atomic E-state index is 8.91. The lowest BCUT2D eigenvalue weighted by Gasteiger charge is -2.26. The summed E-state index contributed by atoms with van der Waals surface area (Å²) in [6.07, 6.45) is 1.85. The van der Waals surface area contributed by atoms with Crippen molar-refractivity contribution in [2.45, 2.75) is 19.3 Å². The van der Waals surface area contributed by atoms with E-state index in [4.69, 9.17) is 5.26 Å². The number of hydrogen-bond acceptors (Lipinski definition) is 2. The van der Waals surface area contributed by atoms with Crippen LogP contribution in [0.2, 0.25) is 0 Å². The van der Waals surface area contributed by atoms with Gasteiger partial charge in [0.05, 0.1) is 17.3 Å². The summed E-state index contributed by atoms with van der Waals surface area (Å²) in [6.45, 7) is 4.44. The minimum absolute atomic E-state index is 0.0917. The van der Waals surface area contributed by atoms with E-state index in [-0.39, 0.29) is 5.41 Å². The van der Waals surface area contributed by atoms with Crippen molar-refractivity contribution in [2.24, 2.45) is 0 Å². The SMILES string of the molecule is CC(C)(c1ccccc1)c1ccnc(-c2ccc(C#N)cc2)c1. The highest BCUT2D eigenvalue weighted by atomic mass is 14.7. The van der Waals surface area contributed by atoms with E-state index in [2.05, 4.69) is 61.3 Å². The summed E-state index contributed by atoms with van der Waals surface area (Å²) in [6, 6.07) is 24.4. The number of pyridine rings is 1. The Labute approximate surface area is 137 Å². The number of hydrogen-bond donors (Lipinski definition) is 0. The molecule has 1 heterocycles. The van der Waals surface area contributed by atoms with E-state index in [0.29, 0.717) is 5.56 Å². The lowest BCUT2D eigenvalue weighted by molar-refractivity contribution is 0.640. The Morgan fingerprint density at radius 3 is 2.22 bits per heavy atom. The number of aromatic nitrogens is 1. The highest BCUT2D eigenvalue weighted by Gasteiger charge is 2.23. The Kier molecular flexibility index (Phi) is 3.95. The summed E-state index contributed by atoms with van der Waals surface area (Å²) in [5.74, 6) is 0. The van der Waals surface area contributed by atoms with Gasteiger partial charge in [0.2, 0.25) is 0 Å². The van der Waals surface area contributed by atoms with E-state index in [1.807, 2.05) is 36.5 Å². The molecule has 0 unspecified atom stereocenters. The molecule has 112 valence electrons. The molecule has 2 aromatic carbocycles. The van der Waals surface area contributed by atoms with Crippen LogP contribution in [0.5, 0.6) is 0 Å². The Morgan fingerprint density at radius 2 is 1.57 bits per heavy atom. The third-order valence-corrected chi connectivity index (χ3v) is 4.29. The monoisotopic (exact) mass is 298 g/mol. The lowest BCUT2D eigenvalue weighted by Crippen LogP contribution is -2.18. The van der Waals surface area contributed by atoms with Crippen LogP contribution >= 0.6 is 0 Å². The molecule has 0 saturated carbocycles. The van der Waals surface area contributed by atoms with Crippen LogP contribution in [0.4, 0.5) is 0 Å². The number of rotatable bonds is 3. The van der Waals surface area contributed by atoms with Crippen LogP contribution in [-0.2, 0) is 5.41 Å². The zero-order valence-corrected chi connectivity index (χ0v) is 13.3. The quantitative estimate of drug-likeness (QED) is 0.686. The highest BCUT2D eigenvalue weighted by molar-refractivity contribution is 5.61. The molecule has 2 nitrogen and oxygen atoms in total. The molecule has 23 heavy (non-hydrogen) atoms. The molecule has 0 aliphatic carbocycles. The van der Waals surface area contributed by atoms with Gasteiger partial charge in [0.25, 0.3) is 0 Å². The van der Waals surface area contributed by atoms with Gasteiger partial charge in [0.1, 0.15) is 0 Å². The Balaban J connectivity index is 2.01. The molecule has 2 heteroatoms. The first kappa shape index (κ1) is 15.0. The summed E-state index contributed by atoms with van der Waals surface area (Å²) in [5, 5.41) is 8.91. The molecule has 1 aromatic heterocycles. The summed E-state index contributed by atoms with van der Waals surface area (Å²) >= 11 is 0. The summed E-state index contributed by atoms with van der Waals surface area (Å²) in [4.78, 5) is 4.49. The van der Waals surface area contributed by atoms with Crippen LogP contribution in [0.3, 0.4) is 0 Å². The zero-order chi connectivity index (χ0) is 16.3. The number of nitrogens with zero attached hydrogens (tertiary/aromatic N) is 2. The van der Waals surface area contributed by atoms with E-state index in [1.54, 1.807) is 0 Å². The molecule has 0 bridgehead atoms. The largest absolute Gasteiger partial charge is 0.256 e. The minimum atomic E-state index is -0.0917. The fourth-order valence-electron chi connectivity index (χ4n) is 2.71. The van der Waals surface area contributed by atoms with Gasteiger partial charge in [-0.15, -0.1) is 0 Å². The summed E-state index contributed by atoms with van der Waals surface area (Å²) < 4.78 is 0. The second kappa shape index (κ2) is 6.06. The maximum absolute atomic E-state index is 8.91. The van der Waals surface area contributed by atoms with Gasteiger partial charge in [-0.3, -0.25) is 4.98 Å². The van der Waals surface area contributed by atoms with E-state index >= 15 is 0 Å². The van der Waals surface area contributed by atoms with Crippen molar-refractivity contribution < 1.29 is 0 Å². The second-order valence-electron chi connectivity index (χ2n) is 6.11. The van der Waals surface area contributed by atoms with Gasteiger partial charge in [-0.2, -0.15) is 5.26 Å². The van der Waals surface area contributed by atoms with Gasteiger partial charge in [-0.05, 0) is 35.4 Å². The van der Waals surface area contributed by atoms with Crippen molar-refractivity contribution in [3.8, 4) is 17.3 Å². The van der Waals surface area contributed by atoms with Crippen molar-refractivity contribution in [3.63, 3.8) is 0 Å². The van der Waals surface area contributed by atoms with E-state index in [0.717, 1.165) is 11.3 Å². The van der Waals surface area contributed by atoms with E-state index in [9.17, 15) is 0 Å². The lowest BCUT2D eigenvalue weighted by atomic mass is 9.78. The minimum Gasteiger partial charge on any atom is -0.256 e. The van der Waals surface area contributed by atoms with Crippen LogP contribution in [0.25, 0.3) is 11.3 Å². The predicted molar refractivity (Wildman–Crippen MR) is 93.0 cm³/mol. The van der Waals surface area contributed by atoms with Crippen molar-refractivity contribution in [1.82, 2.24) is 4.98 Å². The fraction of sp³-hybridized carbons (Fsp3) is 0.143. The molecule has 0 saturated heterocycles. The molecule has 0 fully saturated rings. The molecule has 0 atom stereocenters. The topological polar surface area (TPSA) is 36.7 Å². The van der Waals surface area contributed by atoms with Crippen molar-refractivity contribution in [3.05, 3.63) is 89.6 Å². The Hall–Kier alpha value is -2.92. The molecular weight excluding hydrogens is 280 g/mol. The van der Waals surface area contributed by atoms with Crippen LogP contribution in [-0.4, -0.2) is 4.98 Å². The van der Waals surface area contributed by atoms with Gasteiger partial charge in [-0.1, -0.05) is 56.3 Å². The first-order chi connectivity index (χ1) is 11.1. The van der Waals surface area contributed by atoms with Crippen LogP contribution < -0.4 is 0 Å². The molecule has 0 aliphatic heterocycles. The average molecular weight is 298 g/mol. The number of nitriles is 1. The van der Waals surface area contributed by atoms with E-state index < -0.39 is 0 Å². The van der Waals surface area contributed by atoms with E-state index in [1.165, 1.54) is 11.1 Å². The van der Waals surface area contributed by atoms with Gasteiger partial charge in [0.15, 0.2) is 0 Å². The molecule has 0 aliphatic rings. The zero-order valence-electron chi connectivity index (χ0n) is 13.3.